The zero-order valence-corrected chi connectivity index (χ0v) is 17.4. The van der Waals surface area contributed by atoms with Crippen LogP contribution in [-0.4, -0.2) is 25.1 Å². The van der Waals surface area contributed by atoms with E-state index in [-0.39, 0.29) is 5.91 Å². The largest absolute Gasteiger partial charge is 0.275 e. The first-order valence-corrected chi connectivity index (χ1v) is 11.2. The molecule has 3 unspecified atom stereocenters. The molecule has 0 aromatic rings. The highest BCUT2D eigenvalue weighted by Gasteiger charge is 2.59. The van der Waals surface area contributed by atoms with Crippen LogP contribution in [0.2, 0.25) is 0 Å². The van der Waals surface area contributed by atoms with Gasteiger partial charge in [-0.3, -0.25) is 9.63 Å². The molecule has 0 radical (unpaired) electrons. The summed E-state index contributed by atoms with van der Waals surface area (Å²) >= 11 is 0. The van der Waals surface area contributed by atoms with Crippen LogP contribution in [0, 0.1) is 40.4 Å². The molecule has 0 heterocycles. The molecule has 26 heavy (non-hydrogen) atoms. The number of hydroxylamine groups is 2. The number of amides is 1. The predicted molar refractivity (Wildman–Crippen MR) is 104 cm³/mol. The van der Waals surface area contributed by atoms with Gasteiger partial charge >= 0.3 is 0 Å². The van der Waals surface area contributed by atoms with Gasteiger partial charge in [0.2, 0.25) is 5.91 Å². The van der Waals surface area contributed by atoms with Gasteiger partial charge < -0.3 is 0 Å². The average molecular weight is 362 g/mol. The van der Waals surface area contributed by atoms with Gasteiger partial charge in [-0.05, 0) is 91.8 Å². The van der Waals surface area contributed by atoms with Crippen molar-refractivity contribution in [3.05, 3.63) is 0 Å². The fraction of sp³-hybridized carbons (Fsp3) is 0.957. The zero-order chi connectivity index (χ0) is 18.5. The molecule has 0 N–H and O–H groups in total. The highest BCUT2D eigenvalue weighted by atomic mass is 16.7. The summed E-state index contributed by atoms with van der Waals surface area (Å²) in [4.78, 5) is 17.6. The van der Waals surface area contributed by atoms with Gasteiger partial charge in [0.15, 0.2) is 0 Å². The minimum atomic E-state index is 0.157. The second kappa shape index (κ2) is 6.79. The maximum Gasteiger partial charge on any atom is 0.246 e. The topological polar surface area (TPSA) is 29.5 Å². The van der Waals surface area contributed by atoms with Crippen molar-refractivity contribution >= 4 is 5.91 Å². The van der Waals surface area contributed by atoms with Crippen LogP contribution in [0.5, 0.6) is 0 Å². The van der Waals surface area contributed by atoms with Crippen molar-refractivity contribution in [2.45, 2.75) is 84.5 Å². The summed E-state index contributed by atoms with van der Waals surface area (Å²) in [5.41, 5.74) is 0.996. The van der Waals surface area contributed by atoms with E-state index in [4.69, 9.17) is 4.84 Å². The first kappa shape index (κ1) is 18.8. The predicted octanol–water partition coefficient (Wildman–Crippen LogP) is 5.45. The molecule has 0 aromatic carbocycles. The Morgan fingerprint density at radius 2 is 1.73 bits per heavy atom. The van der Waals surface area contributed by atoms with Crippen LogP contribution >= 0.6 is 0 Å². The van der Waals surface area contributed by atoms with Crippen LogP contribution in [0.3, 0.4) is 0 Å². The molecule has 1 amide bonds. The second-order valence-electron chi connectivity index (χ2n) is 10.5. The average Bonchev–Trinajstić information content (AvgIpc) is 2.97. The molecule has 0 saturated heterocycles. The third-order valence-corrected chi connectivity index (χ3v) is 9.83. The summed E-state index contributed by atoms with van der Waals surface area (Å²) < 4.78 is 0. The van der Waals surface area contributed by atoms with Gasteiger partial charge in [0.05, 0.1) is 7.11 Å². The quantitative estimate of drug-likeness (QED) is 0.626. The third-order valence-electron chi connectivity index (χ3n) is 9.83. The Bertz CT molecular complexity index is 548. The summed E-state index contributed by atoms with van der Waals surface area (Å²) in [6, 6.07) is 0. The van der Waals surface area contributed by atoms with Crippen LogP contribution in [0.25, 0.3) is 0 Å². The Kier molecular flexibility index (Phi) is 4.91. The molecule has 4 aliphatic rings. The minimum Gasteiger partial charge on any atom is -0.275 e. The Labute approximate surface area is 160 Å². The van der Waals surface area contributed by atoms with Crippen molar-refractivity contribution in [1.82, 2.24) is 5.06 Å². The minimum absolute atomic E-state index is 0.157. The first-order chi connectivity index (χ1) is 12.4. The standard InChI is InChI=1S/C23H39NO2/c1-22-13-6-5-7-16(22)8-10-18-19-11-9-17(15-21(25)24(3)26-4)23(19,2)14-12-20(18)22/h16-20H,5-15H2,1-4H3/t16-,17+,18?,19?,20?,22-,23+/m0/s1. The molecule has 3 heteroatoms. The Balaban J connectivity index is 1.52. The van der Waals surface area contributed by atoms with Gasteiger partial charge in [-0.15, -0.1) is 0 Å². The van der Waals surface area contributed by atoms with E-state index < -0.39 is 0 Å². The van der Waals surface area contributed by atoms with Gasteiger partial charge in [0.1, 0.15) is 0 Å². The summed E-state index contributed by atoms with van der Waals surface area (Å²) in [5.74, 6) is 4.44. The molecule has 4 rings (SSSR count). The number of nitrogens with zero attached hydrogens (tertiary/aromatic N) is 1. The van der Waals surface area contributed by atoms with Crippen molar-refractivity contribution < 1.29 is 9.63 Å². The number of fused-ring (bicyclic) bond motifs is 5. The highest BCUT2D eigenvalue weighted by Crippen LogP contribution is 2.67. The van der Waals surface area contributed by atoms with Gasteiger partial charge in [-0.2, -0.15) is 0 Å². The Morgan fingerprint density at radius 3 is 2.50 bits per heavy atom. The van der Waals surface area contributed by atoms with Crippen molar-refractivity contribution in [3.8, 4) is 0 Å². The molecule has 7 atom stereocenters. The maximum absolute atomic E-state index is 12.5. The Hall–Kier alpha value is -0.570. The monoisotopic (exact) mass is 361 g/mol. The normalized spacial score (nSPS) is 47.6. The summed E-state index contributed by atoms with van der Waals surface area (Å²) in [7, 11) is 3.34. The summed E-state index contributed by atoms with van der Waals surface area (Å²) in [6.45, 7) is 5.18. The number of rotatable bonds is 3. The lowest BCUT2D eigenvalue weighted by Gasteiger charge is -2.60. The molecule has 148 valence electrons. The SMILES string of the molecule is CON(C)C(=O)C[C@H]1CCC2C3CC[C@@H]4CCCC[C@]4(C)C3CC[C@@]21C. The molecule has 0 aliphatic heterocycles. The van der Waals surface area contributed by atoms with Crippen LogP contribution < -0.4 is 0 Å². The Morgan fingerprint density at radius 1 is 0.962 bits per heavy atom. The second-order valence-corrected chi connectivity index (χ2v) is 10.5. The van der Waals surface area contributed by atoms with Gasteiger partial charge in [-0.1, -0.05) is 26.7 Å². The molecular formula is C23H39NO2. The molecule has 4 fully saturated rings. The van der Waals surface area contributed by atoms with Crippen LogP contribution in [0.4, 0.5) is 0 Å². The lowest BCUT2D eigenvalue weighted by molar-refractivity contribution is -0.171. The lowest BCUT2D eigenvalue weighted by atomic mass is 9.45. The van der Waals surface area contributed by atoms with Crippen molar-refractivity contribution in [2.75, 3.05) is 14.2 Å². The van der Waals surface area contributed by atoms with E-state index in [1.807, 2.05) is 0 Å². The molecule has 0 bridgehead atoms. The maximum atomic E-state index is 12.5. The lowest BCUT2D eigenvalue weighted by Crippen LogP contribution is -2.52. The molecule has 3 nitrogen and oxygen atoms in total. The van der Waals surface area contributed by atoms with E-state index in [2.05, 4.69) is 13.8 Å². The van der Waals surface area contributed by atoms with Crippen molar-refractivity contribution in [2.24, 2.45) is 40.4 Å². The molecular weight excluding hydrogens is 322 g/mol. The van der Waals surface area contributed by atoms with Crippen LogP contribution in [0.15, 0.2) is 0 Å². The van der Waals surface area contributed by atoms with E-state index in [0.717, 1.165) is 23.7 Å². The van der Waals surface area contributed by atoms with Gasteiger partial charge in [0.25, 0.3) is 0 Å². The highest BCUT2D eigenvalue weighted by molar-refractivity contribution is 5.75. The molecule has 4 saturated carbocycles. The fourth-order valence-corrected chi connectivity index (χ4v) is 8.18. The van der Waals surface area contributed by atoms with Crippen LogP contribution in [0.1, 0.15) is 84.5 Å². The van der Waals surface area contributed by atoms with E-state index in [1.165, 1.54) is 69.3 Å². The molecule has 0 spiro atoms. The fourth-order valence-electron chi connectivity index (χ4n) is 8.18. The van der Waals surface area contributed by atoms with E-state index in [9.17, 15) is 4.79 Å². The zero-order valence-electron chi connectivity index (χ0n) is 17.4. The van der Waals surface area contributed by atoms with Crippen molar-refractivity contribution in [1.29, 1.82) is 0 Å². The first-order valence-electron chi connectivity index (χ1n) is 11.2. The van der Waals surface area contributed by atoms with E-state index >= 15 is 0 Å². The number of carbonyl (C=O) groups is 1. The smallest absolute Gasteiger partial charge is 0.246 e. The van der Waals surface area contributed by atoms with Crippen LogP contribution in [-0.2, 0) is 9.63 Å². The number of hydrogen-bond acceptors (Lipinski definition) is 2. The van der Waals surface area contributed by atoms with Gasteiger partial charge in [-0.25, -0.2) is 5.06 Å². The third kappa shape index (κ3) is 2.75. The number of carbonyl (C=O) groups excluding carboxylic acids is 1. The van der Waals surface area contributed by atoms with E-state index in [0.29, 0.717) is 23.2 Å². The number of hydrogen-bond donors (Lipinski definition) is 0. The van der Waals surface area contributed by atoms with Gasteiger partial charge in [0, 0.05) is 13.5 Å². The van der Waals surface area contributed by atoms with E-state index in [1.54, 1.807) is 14.2 Å². The summed E-state index contributed by atoms with van der Waals surface area (Å²) in [5, 5.41) is 1.43. The molecule has 4 aliphatic carbocycles. The molecule has 0 aromatic heterocycles. The van der Waals surface area contributed by atoms with Crippen molar-refractivity contribution in [3.63, 3.8) is 0 Å². The summed E-state index contributed by atoms with van der Waals surface area (Å²) in [6.07, 6.45) is 14.9.